The summed E-state index contributed by atoms with van der Waals surface area (Å²) in [6.45, 7) is 9.19. The first-order valence-electron chi connectivity index (χ1n) is 17.8. The highest BCUT2D eigenvalue weighted by molar-refractivity contribution is 4.92. The fraction of sp³-hybridized carbons (Fsp3) is 0.842. The average Bonchev–Trinajstić information content (AvgIpc) is 2.93. The first kappa shape index (κ1) is 39.0. The number of nitrogens with zero attached hydrogens (tertiary/aromatic N) is 1. The molecule has 0 fully saturated rings. The van der Waals surface area contributed by atoms with Crippen LogP contribution >= 0.6 is 0 Å². The Hall–Kier alpha value is -1.02. The summed E-state index contributed by atoms with van der Waals surface area (Å²) < 4.78 is 6.33. The Labute approximate surface area is 253 Å². The minimum Gasteiger partial charge on any atom is -0.498 e. The zero-order valence-corrected chi connectivity index (χ0v) is 28.3. The Bertz CT molecular complexity index is 578. The highest BCUT2D eigenvalue weighted by Gasteiger charge is 2.10. The Morgan fingerprint density at radius 3 is 1.55 bits per heavy atom. The van der Waals surface area contributed by atoms with Gasteiger partial charge in [-0.3, -0.25) is 0 Å². The van der Waals surface area contributed by atoms with Crippen molar-refractivity contribution in [2.45, 2.75) is 188 Å². The molecule has 0 rings (SSSR count). The van der Waals surface area contributed by atoms with Crippen LogP contribution in [0.4, 0.5) is 0 Å². The number of hydrogen-bond donors (Lipinski definition) is 0. The standard InChI is InChI=1S/C38H73NO/c1-7-9-11-13-15-17-18-19-20-21-22-23-24-26-28-30-32-38(31-29-27-25-16-14-12-10-8-2)40-34-33-36(3)35-37(4)39(5)6/h15,17,19-20,33-34,36-38H,7-14,16,18,21-32,35H2,1-6H3/b17-15-,20-19-,34-33+. The lowest BCUT2D eigenvalue weighted by Crippen LogP contribution is -2.26. The van der Waals surface area contributed by atoms with Gasteiger partial charge >= 0.3 is 0 Å². The van der Waals surface area contributed by atoms with Crippen LogP contribution in [-0.4, -0.2) is 31.1 Å². The molecule has 0 saturated carbocycles. The molecule has 0 saturated heterocycles. The van der Waals surface area contributed by atoms with E-state index in [9.17, 15) is 0 Å². The second kappa shape index (κ2) is 30.9. The van der Waals surface area contributed by atoms with Gasteiger partial charge < -0.3 is 9.64 Å². The van der Waals surface area contributed by atoms with E-state index in [0.717, 1.165) is 6.42 Å². The van der Waals surface area contributed by atoms with Gasteiger partial charge in [0.05, 0.1) is 12.4 Å². The molecule has 3 unspecified atom stereocenters. The lowest BCUT2D eigenvalue weighted by molar-refractivity contribution is 0.119. The maximum absolute atomic E-state index is 6.33. The minimum absolute atomic E-state index is 0.403. The van der Waals surface area contributed by atoms with Crippen LogP contribution in [0.15, 0.2) is 36.6 Å². The smallest absolute Gasteiger partial charge is 0.0978 e. The third-order valence-corrected chi connectivity index (χ3v) is 8.38. The predicted octanol–water partition coefficient (Wildman–Crippen LogP) is 12.6. The molecular weight excluding hydrogens is 486 g/mol. The van der Waals surface area contributed by atoms with Crippen LogP contribution in [0.5, 0.6) is 0 Å². The van der Waals surface area contributed by atoms with Crippen LogP contribution in [0.25, 0.3) is 0 Å². The van der Waals surface area contributed by atoms with Crippen molar-refractivity contribution in [3.8, 4) is 0 Å². The van der Waals surface area contributed by atoms with Crippen molar-refractivity contribution in [1.29, 1.82) is 0 Å². The molecule has 0 N–H and O–H groups in total. The molecule has 0 aliphatic heterocycles. The van der Waals surface area contributed by atoms with Gasteiger partial charge in [0.1, 0.15) is 0 Å². The summed E-state index contributed by atoms with van der Waals surface area (Å²) in [7, 11) is 4.34. The highest BCUT2D eigenvalue weighted by atomic mass is 16.5. The van der Waals surface area contributed by atoms with Crippen molar-refractivity contribution >= 4 is 0 Å². The third kappa shape index (κ3) is 28.5. The topological polar surface area (TPSA) is 12.5 Å². The highest BCUT2D eigenvalue weighted by Crippen LogP contribution is 2.19. The monoisotopic (exact) mass is 560 g/mol. The molecule has 0 aromatic carbocycles. The van der Waals surface area contributed by atoms with Gasteiger partial charge in [-0.05, 0) is 97.2 Å². The van der Waals surface area contributed by atoms with E-state index in [-0.39, 0.29) is 0 Å². The molecule has 3 atom stereocenters. The Morgan fingerprint density at radius 2 is 1.02 bits per heavy atom. The average molecular weight is 560 g/mol. The summed E-state index contributed by atoms with van der Waals surface area (Å²) in [6, 6.07) is 0.603. The maximum atomic E-state index is 6.33. The molecule has 2 nitrogen and oxygen atoms in total. The fourth-order valence-electron chi connectivity index (χ4n) is 5.26. The minimum atomic E-state index is 0.403. The van der Waals surface area contributed by atoms with Crippen molar-refractivity contribution in [3.05, 3.63) is 36.6 Å². The normalized spacial score (nSPS) is 14.7. The SMILES string of the molecule is CCCCC/C=C\C/C=C\CCCCCCCCC(CCCCCCCCCC)O/C=C/C(C)CC(C)N(C)C. The number of rotatable bonds is 30. The van der Waals surface area contributed by atoms with Crippen LogP contribution in [0.2, 0.25) is 0 Å². The van der Waals surface area contributed by atoms with E-state index in [1.54, 1.807) is 0 Å². The maximum Gasteiger partial charge on any atom is 0.0978 e. The molecule has 236 valence electrons. The molecule has 2 heteroatoms. The molecule has 0 aromatic rings. The summed E-state index contributed by atoms with van der Waals surface area (Å²) in [4.78, 5) is 2.31. The molecule has 40 heavy (non-hydrogen) atoms. The van der Waals surface area contributed by atoms with Crippen molar-refractivity contribution in [1.82, 2.24) is 4.90 Å². The van der Waals surface area contributed by atoms with Crippen LogP contribution in [0, 0.1) is 5.92 Å². The largest absolute Gasteiger partial charge is 0.498 e. The van der Waals surface area contributed by atoms with E-state index in [1.165, 1.54) is 141 Å². The molecule has 0 bridgehead atoms. The van der Waals surface area contributed by atoms with Gasteiger partial charge in [0.25, 0.3) is 0 Å². The summed E-state index contributed by atoms with van der Waals surface area (Å²) in [5.74, 6) is 0.558. The van der Waals surface area contributed by atoms with Crippen molar-refractivity contribution in [2.75, 3.05) is 14.1 Å². The van der Waals surface area contributed by atoms with Crippen LogP contribution in [0.3, 0.4) is 0 Å². The Morgan fingerprint density at radius 1 is 0.575 bits per heavy atom. The van der Waals surface area contributed by atoms with E-state index >= 15 is 0 Å². The second-order valence-electron chi connectivity index (χ2n) is 12.7. The number of ether oxygens (including phenoxy) is 1. The summed E-state index contributed by atoms with van der Waals surface area (Å²) in [6.07, 6.45) is 44.7. The van der Waals surface area contributed by atoms with Crippen molar-refractivity contribution in [3.63, 3.8) is 0 Å². The summed E-state index contributed by atoms with van der Waals surface area (Å²) in [5.41, 5.74) is 0. The van der Waals surface area contributed by atoms with Crippen molar-refractivity contribution < 1.29 is 4.74 Å². The lowest BCUT2D eigenvalue weighted by atomic mass is 10.0. The molecule has 0 radical (unpaired) electrons. The van der Waals surface area contributed by atoms with Crippen LogP contribution in [0.1, 0.15) is 175 Å². The first-order valence-corrected chi connectivity index (χ1v) is 17.8. The Kier molecular flexibility index (Phi) is 30.1. The molecule has 0 aliphatic rings. The van der Waals surface area contributed by atoms with Gasteiger partial charge in [0.15, 0.2) is 0 Å². The molecular formula is C38H73NO. The molecule has 0 aliphatic carbocycles. The van der Waals surface area contributed by atoms with E-state index in [0.29, 0.717) is 18.1 Å². The summed E-state index contributed by atoms with van der Waals surface area (Å²) in [5, 5.41) is 0. The first-order chi connectivity index (χ1) is 19.5. The van der Waals surface area contributed by atoms with Crippen molar-refractivity contribution in [2.24, 2.45) is 5.92 Å². The van der Waals surface area contributed by atoms with Crippen LogP contribution < -0.4 is 0 Å². The van der Waals surface area contributed by atoms with Crippen LogP contribution in [-0.2, 0) is 4.74 Å². The zero-order chi connectivity index (χ0) is 29.5. The lowest BCUT2D eigenvalue weighted by Gasteiger charge is -2.22. The fourth-order valence-corrected chi connectivity index (χ4v) is 5.26. The second-order valence-corrected chi connectivity index (χ2v) is 12.7. The van der Waals surface area contributed by atoms with E-state index in [1.807, 2.05) is 6.26 Å². The van der Waals surface area contributed by atoms with Gasteiger partial charge in [0.2, 0.25) is 0 Å². The molecule has 0 aromatic heterocycles. The molecule has 0 heterocycles. The molecule has 0 amide bonds. The van der Waals surface area contributed by atoms with Gasteiger partial charge in [-0.1, -0.05) is 129 Å². The number of allylic oxidation sites excluding steroid dienone is 5. The van der Waals surface area contributed by atoms with E-state index in [2.05, 4.69) is 77.1 Å². The zero-order valence-electron chi connectivity index (χ0n) is 28.3. The Balaban J connectivity index is 4.10. The number of hydrogen-bond acceptors (Lipinski definition) is 2. The molecule has 0 spiro atoms. The van der Waals surface area contributed by atoms with Gasteiger partial charge in [-0.15, -0.1) is 0 Å². The number of unbranched alkanes of at least 4 members (excludes halogenated alkanes) is 16. The van der Waals surface area contributed by atoms with Gasteiger partial charge in [0, 0.05) is 6.04 Å². The van der Waals surface area contributed by atoms with Gasteiger partial charge in [-0.2, -0.15) is 0 Å². The third-order valence-electron chi connectivity index (χ3n) is 8.38. The summed E-state index contributed by atoms with van der Waals surface area (Å²) >= 11 is 0. The van der Waals surface area contributed by atoms with E-state index < -0.39 is 0 Å². The van der Waals surface area contributed by atoms with Gasteiger partial charge in [-0.25, -0.2) is 0 Å². The predicted molar refractivity (Wildman–Crippen MR) is 182 cm³/mol. The quantitative estimate of drug-likeness (QED) is 0.0493. The van der Waals surface area contributed by atoms with E-state index in [4.69, 9.17) is 4.74 Å².